The molecule has 98 valence electrons. The normalized spacial score (nSPS) is 12.6. The van der Waals surface area contributed by atoms with Crippen LogP contribution in [0.15, 0.2) is 42.5 Å². The van der Waals surface area contributed by atoms with E-state index in [0.717, 1.165) is 0 Å². The average Bonchev–Trinajstić information content (AvgIpc) is 2.44. The Kier molecular flexibility index (Phi) is 2.84. The van der Waals surface area contributed by atoms with E-state index in [-0.39, 0.29) is 16.7 Å². The lowest BCUT2D eigenvalue weighted by Crippen LogP contribution is -2.22. The van der Waals surface area contributed by atoms with Gasteiger partial charge in [-0.1, -0.05) is 24.3 Å². The van der Waals surface area contributed by atoms with Gasteiger partial charge in [0.1, 0.15) is 0 Å². The Morgan fingerprint density at radius 2 is 1.45 bits per heavy atom. The summed E-state index contributed by atoms with van der Waals surface area (Å²) in [5.74, 6) is -0.307. The second kappa shape index (κ2) is 4.54. The Labute approximate surface area is 120 Å². The Balaban J connectivity index is 2.16. The summed E-state index contributed by atoms with van der Waals surface area (Å²) < 4.78 is 0. The van der Waals surface area contributed by atoms with Crippen LogP contribution in [0.3, 0.4) is 0 Å². The van der Waals surface area contributed by atoms with Crippen LogP contribution in [0.5, 0.6) is 0 Å². The summed E-state index contributed by atoms with van der Waals surface area (Å²) in [4.78, 5) is 24.8. The number of nitrogens with two attached hydrogens (primary N) is 1. The number of thiocarbonyl (C=S) groups is 1. The highest BCUT2D eigenvalue weighted by Crippen LogP contribution is 2.28. The summed E-state index contributed by atoms with van der Waals surface area (Å²) in [6.07, 6.45) is 0. The summed E-state index contributed by atoms with van der Waals surface area (Å²) in [5.41, 5.74) is 7.65. The number of hydrogen-bond donors (Lipinski definition) is 2. The van der Waals surface area contributed by atoms with Crippen LogP contribution in [0.4, 0.5) is 5.69 Å². The predicted molar refractivity (Wildman–Crippen MR) is 80.2 cm³/mol. The zero-order valence-electron chi connectivity index (χ0n) is 10.3. The second-order valence-electron chi connectivity index (χ2n) is 4.45. The zero-order valence-corrected chi connectivity index (χ0v) is 11.2. The molecular weight excluding hydrogens is 272 g/mol. The number of hydrogen-bond acceptors (Lipinski definition) is 3. The molecule has 0 saturated heterocycles. The highest BCUT2D eigenvalue weighted by molar-refractivity contribution is 7.80. The van der Waals surface area contributed by atoms with E-state index in [1.807, 2.05) is 0 Å². The molecule has 3 N–H and O–H groups in total. The summed E-state index contributed by atoms with van der Waals surface area (Å²) in [6.45, 7) is 0. The molecule has 0 fully saturated rings. The van der Waals surface area contributed by atoms with Crippen LogP contribution in [0.1, 0.15) is 31.8 Å². The molecule has 0 spiro atoms. The Bertz CT molecular complexity index is 768. The van der Waals surface area contributed by atoms with Crippen molar-refractivity contribution in [3.05, 3.63) is 64.7 Å². The van der Waals surface area contributed by atoms with Gasteiger partial charge < -0.3 is 11.1 Å². The molecule has 1 aliphatic carbocycles. The number of fused-ring (bicyclic) bond motifs is 2. The van der Waals surface area contributed by atoms with Crippen molar-refractivity contribution in [2.75, 3.05) is 5.32 Å². The molecule has 0 heterocycles. The maximum absolute atomic E-state index is 12.4. The molecule has 0 atom stereocenters. The van der Waals surface area contributed by atoms with Gasteiger partial charge in [-0.15, -0.1) is 0 Å². The van der Waals surface area contributed by atoms with Gasteiger partial charge in [0.25, 0.3) is 0 Å². The fraction of sp³-hybridized carbons (Fsp3) is 0. The lowest BCUT2D eigenvalue weighted by atomic mass is 9.84. The van der Waals surface area contributed by atoms with Crippen molar-refractivity contribution in [3.63, 3.8) is 0 Å². The number of rotatable bonds is 1. The third-order valence-electron chi connectivity index (χ3n) is 3.19. The van der Waals surface area contributed by atoms with Gasteiger partial charge in [-0.25, -0.2) is 0 Å². The van der Waals surface area contributed by atoms with Crippen molar-refractivity contribution >= 4 is 34.6 Å². The number of nitrogens with one attached hydrogen (secondary N) is 1. The maximum atomic E-state index is 12.4. The van der Waals surface area contributed by atoms with Crippen LogP contribution < -0.4 is 11.1 Å². The Hall–Kier alpha value is -2.53. The van der Waals surface area contributed by atoms with Crippen molar-refractivity contribution < 1.29 is 9.59 Å². The molecule has 3 rings (SSSR count). The number of carbonyl (C=O) groups is 2. The van der Waals surface area contributed by atoms with E-state index in [2.05, 4.69) is 5.32 Å². The van der Waals surface area contributed by atoms with Gasteiger partial charge in [0.15, 0.2) is 16.7 Å². The minimum atomic E-state index is -0.165. The SMILES string of the molecule is NC(=S)Nc1ccc2c(c1)C(=O)c1ccccc1C2=O. The standard InChI is InChI=1S/C15H10N2O2S/c16-15(20)17-8-5-6-11-12(7-8)14(19)10-4-2-1-3-9(10)13(11)18/h1-7H,(H3,16,17,20). The third kappa shape index (κ3) is 1.88. The van der Waals surface area contributed by atoms with Crippen LogP contribution in [-0.4, -0.2) is 16.7 Å². The first kappa shape index (κ1) is 12.5. The van der Waals surface area contributed by atoms with E-state index in [9.17, 15) is 9.59 Å². The largest absolute Gasteiger partial charge is 0.376 e. The van der Waals surface area contributed by atoms with Gasteiger partial charge in [-0.05, 0) is 30.4 Å². The van der Waals surface area contributed by atoms with Gasteiger partial charge in [0, 0.05) is 27.9 Å². The molecule has 0 radical (unpaired) electrons. The predicted octanol–water partition coefficient (Wildman–Crippen LogP) is 2.12. The summed E-state index contributed by atoms with van der Waals surface area (Å²) in [5, 5.41) is 2.87. The molecule has 0 aliphatic heterocycles. The van der Waals surface area contributed by atoms with Gasteiger partial charge in [0.05, 0.1) is 0 Å². The van der Waals surface area contributed by atoms with Crippen LogP contribution in [-0.2, 0) is 0 Å². The van der Waals surface area contributed by atoms with E-state index < -0.39 is 0 Å². The van der Waals surface area contributed by atoms with Crippen LogP contribution in [0.2, 0.25) is 0 Å². The number of carbonyl (C=O) groups excluding carboxylic acids is 2. The maximum Gasteiger partial charge on any atom is 0.194 e. The fourth-order valence-electron chi connectivity index (χ4n) is 2.32. The van der Waals surface area contributed by atoms with E-state index >= 15 is 0 Å². The molecule has 0 unspecified atom stereocenters. The smallest absolute Gasteiger partial charge is 0.194 e. The fourth-order valence-corrected chi connectivity index (χ4v) is 2.44. The molecule has 5 heteroatoms. The van der Waals surface area contributed by atoms with Crippen molar-refractivity contribution in [2.24, 2.45) is 5.73 Å². The quantitative estimate of drug-likeness (QED) is 0.669. The summed E-state index contributed by atoms with van der Waals surface area (Å²) in [7, 11) is 0. The second-order valence-corrected chi connectivity index (χ2v) is 4.89. The highest BCUT2D eigenvalue weighted by atomic mass is 32.1. The van der Waals surface area contributed by atoms with Crippen molar-refractivity contribution in [1.82, 2.24) is 0 Å². The first-order valence-corrected chi connectivity index (χ1v) is 6.37. The molecular formula is C15H10N2O2S. The van der Waals surface area contributed by atoms with E-state index in [0.29, 0.717) is 27.9 Å². The Morgan fingerprint density at radius 1 is 0.900 bits per heavy atom. The number of benzene rings is 2. The van der Waals surface area contributed by atoms with Crippen molar-refractivity contribution in [1.29, 1.82) is 0 Å². The third-order valence-corrected chi connectivity index (χ3v) is 3.29. The molecule has 20 heavy (non-hydrogen) atoms. The van der Waals surface area contributed by atoms with Gasteiger partial charge >= 0.3 is 0 Å². The van der Waals surface area contributed by atoms with E-state index in [1.54, 1.807) is 42.5 Å². The lowest BCUT2D eigenvalue weighted by molar-refractivity contribution is 0.0979. The highest BCUT2D eigenvalue weighted by Gasteiger charge is 2.29. The monoisotopic (exact) mass is 282 g/mol. The molecule has 0 bridgehead atoms. The topological polar surface area (TPSA) is 72.2 Å². The first-order chi connectivity index (χ1) is 9.58. The van der Waals surface area contributed by atoms with Crippen LogP contribution >= 0.6 is 12.2 Å². The van der Waals surface area contributed by atoms with E-state index in [4.69, 9.17) is 18.0 Å². The molecule has 2 aromatic rings. The van der Waals surface area contributed by atoms with Gasteiger partial charge in [-0.2, -0.15) is 0 Å². The number of anilines is 1. The van der Waals surface area contributed by atoms with Gasteiger partial charge in [-0.3, -0.25) is 9.59 Å². The van der Waals surface area contributed by atoms with Crippen LogP contribution in [0.25, 0.3) is 0 Å². The Morgan fingerprint density at radius 3 is 2.05 bits per heavy atom. The van der Waals surface area contributed by atoms with E-state index in [1.165, 1.54) is 0 Å². The van der Waals surface area contributed by atoms with Crippen LogP contribution in [0, 0.1) is 0 Å². The molecule has 4 nitrogen and oxygen atoms in total. The van der Waals surface area contributed by atoms with Crippen molar-refractivity contribution in [3.8, 4) is 0 Å². The molecule has 1 aliphatic rings. The number of ketones is 2. The summed E-state index contributed by atoms with van der Waals surface area (Å²) >= 11 is 4.76. The molecule has 2 aromatic carbocycles. The first-order valence-electron chi connectivity index (χ1n) is 5.97. The average molecular weight is 282 g/mol. The molecule has 0 saturated carbocycles. The molecule has 0 amide bonds. The van der Waals surface area contributed by atoms with Gasteiger partial charge in [0.2, 0.25) is 0 Å². The summed E-state index contributed by atoms with van der Waals surface area (Å²) in [6, 6.07) is 11.7. The zero-order chi connectivity index (χ0) is 14.3. The minimum absolute atomic E-state index is 0.111. The van der Waals surface area contributed by atoms with Crippen molar-refractivity contribution in [2.45, 2.75) is 0 Å². The lowest BCUT2D eigenvalue weighted by Gasteiger charge is -2.18. The minimum Gasteiger partial charge on any atom is -0.376 e. The molecule has 0 aromatic heterocycles.